The molecule has 2 aromatic carbocycles. The zero-order valence-corrected chi connectivity index (χ0v) is 24.1. The molecule has 2 unspecified atom stereocenters. The van der Waals surface area contributed by atoms with Crippen molar-refractivity contribution >= 4 is 44.7 Å². The van der Waals surface area contributed by atoms with Crippen molar-refractivity contribution in [2.45, 2.75) is 60.7 Å². The van der Waals surface area contributed by atoms with Crippen LogP contribution in [0.4, 0.5) is 0 Å². The maximum Gasteiger partial charge on any atom is 0.312 e. The van der Waals surface area contributed by atoms with E-state index in [4.69, 9.17) is 9.47 Å². The van der Waals surface area contributed by atoms with Gasteiger partial charge in [0.25, 0.3) is 0 Å². The number of carbonyl (C=O) groups excluding carboxylic acids is 2. The number of ether oxygens (including phenoxy) is 2. The van der Waals surface area contributed by atoms with Gasteiger partial charge in [-0.1, -0.05) is 48.5 Å². The van der Waals surface area contributed by atoms with Gasteiger partial charge in [0, 0.05) is 31.1 Å². The Morgan fingerprint density at radius 2 is 1.27 bits per heavy atom. The van der Waals surface area contributed by atoms with E-state index in [0.717, 1.165) is 36.5 Å². The Balaban J connectivity index is 1.93. The molecule has 0 saturated heterocycles. The van der Waals surface area contributed by atoms with Crippen molar-refractivity contribution in [2.24, 2.45) is 10.8 Å². The lowest BCUT2D eigenvalue weighted by molar-refractivity contribution is -0.158. The van der Waals surface area contributed by atoms with Gasteiger partial charge in [0.1, 0.15) is 0 Å². The van der Waals surface area contributed by atoms with Gasteiger partial charge >= 0.3 is 11.9 Å². The largest absolute Gasteiger partial charge is 0.452 e. The van der Waals surface area contributed by atoms with Crippen LogP contribution in [0.5, 0.6) is 0 Å². The highest BCUT2D eigenvalue weighted by atomic mass is 32.1. The van der Waals surface area contributed by atoms with Crippen molar-refractivity contribution in [3.05, 3.63) is 92.5 Å². The SMILES string of the molecule is Cc1sc2ccccc2c1C(OC(=O)C(C)(C)C)c1ccccc1C(OC(=O)C(C)(C)C)c1cccs1. The van der Waals surface area contributed by atoms with Gasteiger partial charge in [-0.3, -0.25) is 9.59 Å². The number of benzene rings is 2. The number of rotatable bonds is 6. The van der Waals surface area contributed by atoms with Crippen molar-refractivity contribution < 1.29 is 19.1 Å². The minimum absolute atomic E-state index is 0.290. The molecule has 0 saturated carbocycles. The van der Waals surface area contributed by atoms with Gasteiger partial charge in [0.05, 0.1) is 10.8 Å². The van der Waals surface area contributed by atoms with Crippen molar-refractivity contribution in [1.82, 2.24) is 0 Å². The minimum Gasteiger partial charge on any atom is -0.452 e. The third kappa shape index (κ3) is 5.81. The van der Waals surface area contributed by atoms with Crippen molar-refractivity contribution in [1.29, 1.82) is 0 Å². The van der Waals surface area contributed by atoms with E-state index in [9.17, 15) is 9.59 Å². The fourth-order valence-electron chi connectivity index (χ4n) is 4.06. The monoisotopic (exact) mass is 534 g/mol. The first-order chi connectivity index (χ1) is 17.4. The second-order valence-corrected chi connectivity index (χ2v) is 13.5. The number of esters is 2. The molecule has 0 bridgehead atoms. The predicted molar refractivity (Wildman–Crippen MR) is 152 cm³/mol. The summed E-state index contributed by atoms with van der Waals surface area (Å²) in [5, 5.41) is 3.04. The second kappa shape index (κ2) is 10.4. The normalized spacial score (nSPS) is 13.8. The number of aryl methyl sites for hydroxylation is 1. The first-order valence-electron chi connectivity index (χ1n) is 12.4. The number of carbonyl (C=O) groups is 2. The highest BCUT2D eigenvalue weighted by Gasteiger charge is 2.35. The van der Waals surface area contributed by atoms with Gasteiger partial charge in [-0.2, -0.15) is 0 Å². The van der Waals surface area contributed by atoms with Crippen LogP contribution in [-0.4, -0.2) is 11.9 Å². The molecule has 6 heteroatoms. The predicted octanol–water partition coefficient (Wildman–Crippen LogP) is 8.63. The number of hydrogen-bond acceptors (Lipinski definition) is 6. The van der Waals surface area contributed by atoms with Crippen molar-refractivity contribution in [3.63, 3.8) is 0 Å². The lowest BCUT2D eigenvalue weighted by Crippen LogP contribution is -2.28. The summed E-state index contributed by atoms with van der Waals surface area (Å²) < 4.78 is 13.7. The summed E-state index contributed by atoms with van der Waals surface area (Å²) in [4.78, 5) is 28.4. The van der Waals surface area contributed by atoms with Crippen molar-refractivity contribution in [2.75, 3.05) is 0 Å². The fourth-order valence-corrected chi connectivity index (χ4v) is 5.92. The molecule has 0 aliphatic carbocycles. The standard InChI is InChI=1S/C31H34O4S2/c1-19-25(22-15-10-11-16-23(22)37-19)27(35-29(33)31(5,6)7)21-14-9-8-13-20(21)26(24-17-12-18-36-24)34-28(32)30(2,3)4/h8-18,26-27H,1-7H3. The zero-order valence-electron chi connectivity index (χ0n) is 22.5. The topological polar surface area (TPSA) is 52.6 Å². The number of thiophene rings is 2. The molecular formula is C31H34O4S2. The van der Waals surface area contributed by atoms with E-state index >= 15 is 0 Å². The molecule has 37 heavy (non-hydrogen) atoms. The summed E-state index contributed by atoms with van der Waals surface area (Å²) >= 11 is 3.23. The summed E-state index contributed by atoms with van der Waals surface area (Å²) in [5.74, 6) is -0.581. The van der Waals surface area contributed by atoms with Gasteiger partial charge in [-0.05, 0) is 71.4 Å². The average Bonchev–Trinajstić information content (AvgIpc) is 3.47. The molecule has 0 aliphatic heterocycles. The quantitative estimate of drug-likeness (QED) is 0.232. The van der Waals surface area contributed by atoms with Crippen LogP contribution in [0.1, 0.15) is 80.2 Å². The zero-order chi connectivity index (χ0) is 27.0. The lowest BCUT2D eigenvalue weighted by Gasteiger charge is -2.29. The van der Waals surface area contributed by atoms with Crippen LogP contribution in [0.15, 0.2) is 66.0 Å². The molecule has 0 radical (unpaired) electrons. The van der Waals surface area contributed by atoms with E-state index in [2.05, 4.69) is 19.1 Å². The van der Waals surface area contributed by atoms with Gasteiger partial charge in [0.2, 0.25) is 0 Å². The highest BCUT2D eigenvalue weighted by Crippen LogP contribution is 2.44. The van der Waals surface area contributed by atoms with E-state index in [1.54, 1.807) is 11.3 Å². The van der Waals surface area contributed by atoms with Crippen molar-refractivity contribution in [3.8, 4) is 0 Å². The summed E-state index contributed by atoms with van der Waals surface area (Å²) in [5.41, 5.74) is 1.25. The Morgan fingerprint density at radius 3 is 1.84 bits per heavy atom. The third-order valence-electron chi connectivity index (χ3n) is 6.12. The van der Waals surface area contributed by atoms with E-state index in [0.29, 0.717) is 0 Å². The van der Waals surface area contributed by atoms with Gasteiger partial charge in [-0.15, -0.1) is 22.7 Å². The van der Waals surface area contributed by atoms with Gasteiger partial charge in [-0.25, -0.2) is 0 Å². The smallest absolute Gasteiger partial charge is 0.312 e. The van der Waals surface area contributed by atoms with Crippen LogP contribution in [0, 0.1) is 17.8 Å². The Hall–Kier alpha value is -2.96. The molecule has 4 aromatic rings. The second-order valence-electron chi connectivity index (χ2n) is 11.3. The van der Waals surface area contributed by atoms with Gasteiger partial charge < -0.3 is 9.47 Å². The molecule has 0 fully saturated rings. The summed E-state index contributed by atoms with van der Waals surface area (Å²) in [6, 6.07) is 19.9. The molecule has 2 heterocycles. The maximum absolute atomic E-state index is 13.3. The molecule has 0 N–H and O–H groups in total. The van der Waals surface area contributed by atoms with Crippen LogP contribution in [0.2, 0.25) is 0 Å². The van der Waals surface area contributed by atoms with Gasteiger partial charge in [0.15, 0.2) is 12.2 Å². The summed E-state index contributed by atoms with van der Waals surface area (Å²) in [7, 11) is 0. The first-order valence-corrected chi connectivity index (χ1v) is 14.1. The van der Waals surface area contributed by atoms with E-state index < -0.39 is 23.0 Å². The Morgan fingerprint density at radius 1 is 0.730 bits per heavy atom. The molecule has 2 aromatic heterocycles. The number of hydrogen-bond donors (Lipinski definition) is 0. The molecule has 2 atom stereocenters. The van der Waals surface area contributed by atoms with Crippen LogP contribution in [0.3, 0.4) is 0 Å². The molecule has 4 rings (SSSR count). The summed E-state index contributed by atoms with van der Waals surface area (Å²) in [6.07, 6.45) is -1.28. The molecule has 0 aliphatic rings. The Kier molecular flexibility index (Phi) is 7.63. The highest BCUT2D eigenvalue weighted by molar-refractivity contribution is 7.19. The summed E-state index contributed by atoms with van der Waals surface area (Å²) in [6.45, 7) is 13.2. The third-order valence-corrected chi connectivity index (χ3v) is 8.14. The van der Waals surface area contributed by atoms with E-state index in [-0.39, 0.29) is 11.9 Å². The van der Waals surface area contributed by atoms with Crippen LogP contribution in [0.25, 0.3) is 10.1 Å². The van der Waals surface area contributed by atoms with E-state index in [1.165, 1.54) is 11.3 Å². The maximum atomic E-state index is 13.3. The minimum atomic E-state index is -0.682. The molecule has 0 amide bonds. The molecule has 4 nitrogen and oxygen atoms in total. The molecule has 194 valence electrons. The van der Waals surface area contributed by atoms with Crippen LogP contribution in [-0.2, 0) is 19.1 Å². The van der Waals surface area contributed by atoms with Crippen LogP contribution < -0.4 is 0 Å². The average molecular weight is 535 g/mol. The molecule has 0 spiro atoms. The first kappa shape index (κ1) is 27.1. The Bertz CT molecular complexity index is 1400. The Labute approximate surface area is 227 Å². The number of fused-ring (bicyclic) bond motifs is 1. The fraction of sp³-hybridized carbons (Fsp3) is 0.355. The molecular weight excluding hydrogens is 500 g/mol. The van der Waals surface area contributed by atoms with E-state index in [1.807, 2.05) is 95.5 Å². The van der Waals surface area contributed by atoms with Crippen LogP contribution >= 0.6 is 22.7 Å². The lowest BCUT2D eigenvalue weighted by atomic mass is 9.90.